The maximum Gasteiger partial charge on any atom is 0.310 e. The number of hydrogen-bond donors (Lipinski definition) is 6. The van der Waals surface area contributed by atoms with Crippen LogP contribution in [0.2, 0.25) is 0 Å². The van der Waals surface area contributed by atoms with Crippen LogP contribution < -0.4 is 0 Å². The lowest BCUT2D eigenvalue weighted by molar-refractivity contribution is -0.364. The van der Waals surface area contributed by atoms with E-state index in [1.54, 1.807) is 6.92 Å². The van der Waals surface area contributed by atoms with Crippen molar-refractivity contribution in [2.75, 3.05) is 6.61 Å². The van der Waals surface area contributed by atoms with E-state index in [0.29, 0.717) is 24.7 Å². The molecule has 17 atom stereocenters. The Bertz CT molecular complexity index is 1410. The van der Waals surface area contributed by atoms with Crippen molar-refractivity contribution in [3.8, 4) is 0 Å². The summed E-state index contributed by atoms with van der Waals surface area (Å²) in [6, 6.07) is 0. The number of carboxylic acid groups (broad SMARTS) is 1. The molecular weight excluding hydrogens is 656 g/mol. The Labute approximate surface area is 302 Å². The molecule has 2 aliphatic heterocycles. The predicted molar refractivity (Wildman–Crippen MR) is 186 cm³/mol. The van der Waals surface area contributed by atoms with Crippen molar-refractivity contribution in [1.82, 2.24) is 0 Å². The highest BCUT2D eigenvalue weighted by Gasteiger charge is 2.69. The van der Waals surface area contributed by atoms with E-state index in [4.69, 9.17) is 18.9 Å². The number of rotatable bonds is 5. The highest BCUT2D eigenvalue weighted by atomic mass is 16.8. The molecule has 0 spiro atoms. The first kappa shape index (κ1) is 37.9. The lowest BCUT2D eigenvalue weighted by Gasteiger charge is -2.71. The number of allylic oxidation sites excluding steroid dienone is 3. The Morgan fingerprint density at radius 1 is 0.863 bits per heavy atom. The number of carbonyl (C=O) groups is 1. The average molecular weight is 719 g/mol. The maximum absolute atomic E-state index is 12.9. The fourth-order valence-electron chi connectivity index (χ4n) is 12.9. The van der Waals surface area contributed by atoms with Gasteiger partial charge in [0.25, 0.3) is 0 Å². The monoisotopic (exact) mass is 718 g/mol. The minimum absolute atomic E-state index is 0.00505. The van der Waals surface area contributed by atoms with Crippen molar-refractivity contribution < 1.29 is 54.4 Å². The molecule has 0 aromatic rings. The number of ether oxygens (including phenoxy) is 4. The number of hydrogen-bond acceptors (Lipinski definition) is 10. The molecule has 2 saturated heterocycles. The summed E-state index contributed by atoms with van der Waals surface area (Å²) in [6.45, 7) is 17.7. The third-order valence-electron chi connectivity index (χ3n) is 16.2. The van der Waals surface area contributed by atoms with Crippen molar-refractivity contribution >= 4 is 5.97 Å². The summed E-state index contributed by atoms with van der Waals surface area (Å²) in [7, 11) is 0. The Kier molecular flexibility index (Phi) is 9.54. The van der Waals surface area contributed by atoms with Gasteiger partial charge in [-0.1, -0.05) is 58.4 Å². The summed E-state index contributed by atoms with van der Waals surface area (Å²) in [4.78, 5) is 12.9. The summed E-state index contributed by atoms with van der Waals surface area (Å²) in [6.07, 6.45) is -0.847. The van der Waals surface area contributed by atoms with Crippen LogP contribution in [0, 0.1) is 44.8 Å². The lowest BCUT2D eigenvalue weighted by atomic mass is 9.34. The predicted octanol–water partition coefficient (Wildman–Crippen LogP) is 4.08. The maximum atomic E-state index is 12.9. The van der Waals surface area contributed by atoms with Crippen LogP contribution in [0.15, 0.2) is 23.8 Å². The largest absolute Gasteiger partial charge is 0.481 e. The Morgan fingerprint density at radius 3 is 2.29 bits per heavy atom. The first-order valence-corrected chi connectivity index (χ1v) is 19.4. The number of aliphatic carboxylic acids is 1. The molecule has 0 aromatic heterocycles. The first-order valence-electron chi connectivity index (χ1n) is 19.4. The number of aliphatic hydroxyl groups is 5. The topological polar surface area (TPSA) is 175 Å². The third kappa shape index (κ3) is 5.49. The molecule has 11 nitrogen and oxygen atoms in total. The van der Waals surface area contributed by atoms with Gasteiger partial charge in [0.1, 0.15) is 36.6 Å². The van der Waals surface area contributed by atoms with Crippen LogP contribution in [0.1, 0.15) is 106 Å². The fourth-order valence-corrected chi connectivity index (χ4v) is 12.9. The van der Waals surface area contributed by atoms with Gasteiger partial charge in [-0.15, -0.1) is 0 Å². The molecule has 0 unspecified atom stereocenters. The highest BCUT2D eigenvalue weighted by molar-refractivity contribution is 5.77. The number of aliphatic hydroxyl groups excluding tert-OH is 5. The molecular formula is C40H62O11. The van der Waals surface area contributed by atoms with Crippen LogP contribution in [0.4, 0.5) is 0 Å². The number of carboxylic acids is 1. The normalized spacial score (nSPS) is 53.9. The van der Waals surface area contributed by atoms with Crippen molar-refractivity contribution in [1.29, 1.82) is 0 Å². The van der Waals surface area contributed by atoms with Crippen molar-refractivity contribution in [2.24, 2.45) is 44.8 Å². The van der Waals surface area contributed by atoms with Crippen LogP contribution >= 0.6 is 0 Å². The van der Waals surface area contributed by atoms with Crippen LogP contribution in [0.25, 0.3) is 0 Å². The zero-order chi connectivity index (χ0) is 37.1. The quantitative estimate of drug-likeness (QED) is 0.179. The van der Waals surface area contributed by atoms with Gasteiger partial charge in [0.05, 0.1) is 24.2 Å². The summed E-state index contributed by atoms with van der Waals surface area (Å²) in [5.41, 5.74) is 1.49. The molecule has 6 fully saturated rings. The molecule has 6 N–H and O–H groups in total. The van der Waals surface area contributed by atoms with E-state index in [-0.39, 0.29) is 40.3 Å². The Hall–Kier alpha value is -1.41. The van der Waals surface area contributed by atoms with Gasteiger partial charge in [0.15, 0.2) is 12.6 Å². The molecule has 11 heteroatoms. The van der Waals surface area contributed by atoms with Gasteiger partial charge in [0.2, 0.25) is 0 Å². The molecule has 7 rings (SSSR count). The van der Waals surface area contributed by atoms with E-state index in [2.05, 4.69) is 47.3 Å². The van der Waals surface area contributed by atoms with Crippen molar-refractivity contribution in [3.63, 3.8) is 0 Å². The summed E-state index contributed by atoms with van der Waals surface area (Å²) in [5.74, 6) is 0.0940. The lowest BCUT2D eigenvalue weighted by Crippen LogP contribution is -2.66. The summed E-state index contributed by atoms with van der Waals surface area (Å²) < 4.78 is 24.4. The van der Waals surface area contributed by atoms with Crippen LogP contribution in [-0.2, 0) is 23.7 Å². The fraction of sp³-hybridized carbons (Fsp3) is 0.875. The van der Waals surface area contributed by atoms with Crippen molar-refractivity contribution in [2.45, 2.75) is 167 Å². The molecule has 0 amide bonds. The van der Waals surface area contributed by atoms with E-state index >= 15 is 0 Å². The van der Waals surface area contributed by atoms with Gasteiger partial charge in [-0.25, -0.2) is 0 Å². The molecule has 0 radical (unpaired) electrons. The van der Waals surface area contributed by atoms with Gasteiger partial charge in [-0.3, -0.25) is 4.79 Å². The van der Waals surface area contributed by atoms with Gasteiger partial charge in [-0.2, -0.15) is 0 Å². The first-order chi connectivity index (χ1) is 23.8. The van der Waals surface area contributed by atoms with Gasteiger partial charge in [-0.05, 0) is 105 Å². The summed E-state index contributed by atoms with van der Waals surface area (Å²) >= 11 is 0. The molecule has 4 saturated carbocycles. The minimum atomic E-state index is -1.58. The van der Waals surface area contributed by atoms with Crippen LogP contribution in [0.5, 0.6) is 0 Å². The zero-order valence-electron chi connectivity index (χ0n) is 31.3. The second-order valence-corrected chi connectivity index (χ2v) is 18.8. The van der Waals surface area contributed by atoms with E-state index in [9.17, 15) is 35.4 Å². The molecule has 51 heavy (non-hydrogen) atoms. The van der Waals surface area contributed by atoms with Gasteiger partial charge >= 0.3 is 5.97 Å². The summed E-state index contributed by atoms with van der Waals surface area (Å²) in [5, 5.41) is 63.4. The van der Waals surface area contributed by atoms with Gasteiger partial charge < -0.3 is 49.6 Å². The Balaban J connectivity index is 1.13. The highest BCUT2D eigenvalue weighted by Crippen LogP contribution is 2.75. The average Bonchev–Trinajstić information content (AvgIpc) is 3.07. The number of fused-ring (bicyclic) bond motifs is 7. The van der Waals surface area contributed by atoms with Crippen LogP contribution in [-0.4, -0.2) is 105 Å². The zero-order valence-corrected chi connectivity index (χ0v) is 31.3. The smallest absolute Gasteiger partial charge is 0.310 e. The van der Waals surface area contributed by atoms with E-state index in [1.807, 2.05) is 0 Å². The van der Waals surface area contributed by atoms with Gasteiger partial charge in [0, 0.05) is 5.92 Å². The second kappa shape index (κ2) is 12.8. The standard InChI is InChI=1S/C40H62O11/c1-20-10-15-40(35(46)47)17-16-38(6)22(23(40)18-20)8-9-26-37(5)13-12-27(36(3,4)25(37)11-14-39(26,38)7)50-34-32(29(43)24(41)19-48-34)51-33-31(45)30(44)28(42)21(2)49-33/h8,21,23-34,41-45H,1,9-19H2,2-7H3,(H,46,47)/t21-,23-,24-,25-,26+,27-,28-,29-,30+,31+,32+,33-,34-,37-,38+,39+,40-/m0/s1. The van der Waals surface area contributed by atoms with E-state index < -0.39 is 66.7 Å². The van der Waals surface area contributed by atoms with E-state index in [1.165, 1.54) is 11.1 Å². The Morgan fingerprint density at radius 2 is 1.59 bits per heavy atom. The van der Waals surface area contributed by atoms with E-state index in [0.717, 1.165) is 51.4 Å². The molecule has 2 heterocycles. The minimum Gasteiger partial charge on any atom is -0.481 e. The second-order valence-electron chi connectivity index (χ2n) is 18.8. The van der Waals surface area contributed by atoms with Crippen molar-refractivity contribution in [3.05, 3.63) is 23.8 Å². The molecule has 7 aliphatic rings. The van der Waals surface area contributed by atoms with Crippen LogP contribution in [0.3, 0.4) is 0 Å². The third-order valence-corrected chi connectivity index (χ3v) is 16.2. The SMILES string of the molecule is C=C1CC[C@]2(C(=O)O)CC[C@]3(C)C(=CC[C@@H]4[C@@]5(C)CC[C@H](O[C@@H]6OC[C@H](O)[C@H](O)[C@H]6O[C@@H]6O[C@@H](C)[C@H](O)[C@@H](O)[C@H]6O)C(C)(C)[C@@H]5CC[C@]43C)[C@@H]2C1. The molecule has 0 bridgehead atoms. The molecule has 0 aromatic carbocycles. The molecule has 5 aliphatic carbocycles. The molecule has 288 valence electrons.